The molecule has 1 rings (SSSR count). The minimum atomic E-state index is 0.0211. The number of ether oxygens (including phenoxy) is 1. The topological polar surface area (TPSA) is 45.0 Å². The smallest absolute Gasteiger partial charge is 0.0952 e. The maximum atomic E-state index is 8.67. The zero-order valence-corrected chi connectivity index (χ0v) is 7.71. The van der Waals surface area contributed by atoms with Gasteiger partial charge in [-0.15, -0.1) is 0 Å². The van der Waals surface area contributed by atoms with E-state index >= 15 is 0 Å². The van der Waals surface area contributed by atoms with Gasteiger partial charge < -0.3 is 4.74 Å². The largest absolute Gasteiger partial charge is 0.381 e. The second kappa shape index (κ2) is 4.44. The van der Waals surface area contributed by atoms with Crippen molar-refractivity contribution in [1.82, 2.24) is 5.32 Å². The maximum absolute atomic E-state index is 8.67. The number of rotatable bonds is 4. The molecule has 68 valence electrons. The minimum absolute atomic E-state index is 0.0211. The van der Waals surface area contributed by atoms with E-state index in [1.165, 1.54) is 0 Å². The van der Waals surface area contributed by atoms with Crippen molar-refractivity contribution in [2.45, 2.75) is 44.4 Å². The van der Waals surface area contributed by atoms with E-state index in [4.69, 9.17) is 10.00 Å². The zero-order valence-electron chi connectivity index (χ0n) is 7.71. The van der Waals surface area contributed by atoms with Crippen molar-refractivity contribution in [3.05, 3.63) is 0 Å². The van der Waals surface area contributed by atoms with Gasteiger partial charge in [0.1, 0.15) is 0 Å². The van der Waals surface area contributed by atoms with Crippen LogP contribution in [0.4, 0.5) is 0 Å². The fraction of sp³-hybridized carbons (Fsp3) is 0.889. The second-order valence-corrected chi connectivity index (χ2v) is 3.28. The summed E-state index contributed by atoms with van der Waals surface area (Å²) >= 11 is 0. The Hall–Kier alpha value is -0.590. The van der Waals surface area contributed by atoms with Crippen LogP contribution in [0, 0.1) is 11.3 Å². The van der Waals surface area contributed by atoms with Gasteiger partial charge in [-0.2, -0.15) is 5.26 Å². The highest BCUT2D eigenvalue weighted by atomic mass is 16.5. The van der Waals surface area contributed by atoms with Crippen LogP contribution in [0.3, 0.4) is 0 Å². The third kappa shape index (κ3) is 2.20. The molecule has 0 heterocycles. The third-order valence-corrected chi connectivity index (χ3v) is 2.43. The van der Waals surface area contributed by atoms with Crippen LogP contribution in [-0.4, -0.2) is 25.3 Å². The van der Waals surface area contributed by atoms with Gasteiger partial charge in [0.2, 0.25) is 0 Å². The van der Waals surface area contributed by atoms with Crippen LogP contribution in [0.1, 0.15) is 26.2 Å². The Bertz CT molecular complexity index is 170. The Morgan fingerprint density at radius 2 is 2.33 bits per heavy atom. The fourth-order valence-corrected chi connectivity index (χ4v) is 1.43. The lowest BCUT2D eigenvalue weighted by molar-refractivity contribution is 0.0158. The van der Waals surface area contributed by atoms with Gasteiger partial charge in [-0.25, -0.2) is 0 Å². The van der Waals surface area contributed by atoms with Crippen LogP contribution in [0.5, 0.6) is 0 Å². The molecule has 0 saturated heterocycles. The summed E-state index contributed by atoms with van der Waals surface area (Å²) in [5, 5.41) is 11.9. The van der Waals surface area contributed by atoms with E-state index < -0.39 is 0 Å². The van der Waals surface area contributed by atoms with E-state index in [1.54, 1.807) is 7.11 Å². The van der Waals surface area contributed by atoms with E-state index in [-0.39, 0.29) is 6.04 Å². The van der Waals surface area contributed by atoms with Crippen molar-refractivity contribution in [2.24, 2.45) is 0 Å². The van der Waals surface area contributed by atoms with Gasteiger partial charge in [-0.1, -0.05) is 6.92 Å². The molecule has 0 spiro atoms. The van der Waals surface area contributed by atoms with Crippen LogP contribution in [0.25, 0.3) is 0 Å². The fourth-order valence-electron chi connectivity index (χ4n) is 1.43. The predicted molar refractivity (Wildman–Crippen MR) is 46.6 cm³/mol. The van der Waals surface area contributed by atoms with Crippen molar-refractivity contribution in [3.8, 4) is 6.07 Å². The first-order valence-corrected chi connectivity index (χ1v) is 4.48. The van der Waals surface area contributed by atoms with Crippen molar-refractivity contribution in [1.29, 1.82) is 5.26 Å². The normalized spacial score (nSPS) is 30.4. The Morgan fingerprint density at radius 1 is 1.67 bits per heavy atom. The molecular weight excluding hydrogens is 152 g/mol. The van der Waals surface area contributed by atoms with Crippen LogP contribution in [-0.2, 0) is 4.74 Å². The number of hydrogen-bond donors (Lipinski definition) is 1. The molecule has 0 radical (unpaired) electrons. The lowest BCUT2D eigenvalue weighted by Crippen LogP contribution is -2.48. The number of hydrogen-bond acceptors (Lipinski definition) is 3. The third-order valence-electron chi connectivity index (χ3n) is 2.43. The van der Waals surface area contributed by atoms with E-state index in [0.717, 1.165) is 19.3 Å². The lowest BCUT2D eigenvalue weighted by Gasteiger charge is -2.35. The molecule has 0 aromatic carbocycles. The summed E-state index contributed by atoms with van der Waals surface area (Å²) in [5.41, 5.74) is 0. The van der Waals surface area contributed by atoms with E-state index in [9.17, 15) is 0 Å². The molecule has 1 unspecified atom stereocenters. The Labute approximate surface area is 73.7 Å². The first-order valence-electron chi connectivity index (χ1n) is 4.48. The quantitative estimate of drug-likeness (QED) is 0.682. The molecule has 1 aliphatic rings. The number of nitriles is 1. The van der Waals surface area contributed by atoms with Gasteiger partial charge in [0, 0.05) is 13.2 Å². The van der Waals surface area contributed by atoms with Gasteiger partial charge in [0.25, 0.3) is 0 Å². The number of nitrogens with one attached hydrogen (secondary N) is 1. The van der Waals surface area contributed by atoms with Crippen molar-refractivity contribution in [2.75, 3.05) is 7.11 Å². The molecule has 12 heavy (non-hydrogen) atoms. The first kappa shape index (κ1) is 9.50. The molecule has 0 aromatic rings. The van der Waals surface area contributed by atoms with Crippen LogP contribution < -0.4 is 5.32 Å². The Morgan fingerprint density at radius 3 is 2.75 bits per heavy atom. The van der Waals surface area contributed by atoms with E-state index in [2.05, 4.69) is 11.4 Å². The maximum Gasteiger partial charge on any atom is 0.0952 e. The Balaban J connectivity index is 2.14. The molecule has 0 bridgehead atoms. The van der Waals surface area contributed by atoms with Gasteiger partial charge in [0.05, 0.1) is 18.2 Å². The minimum Gasteiger partial charge on any atom is -0.381 e. The average molecular weight is 168 g/mol. The monoisotopic (exact) mass is 168 g/mol. The molecule has 1 fully saturated rings. The van der Waals surface area contributed by atoms with Gasteiger partial charge in [-0.05, 0) is 19.3 Å². The van der Waals surface area contributed by atoms with Gasteiger partial charge >= 0.3 is 0 Å². The average Bonchev–Trinajstić information content (AvgIpc) is 2.03. The van der Waals surface area contributed by atoms with Crippen LogP contribution in [0.2, 0.25) is 0 Å². The Kier molecular flexibility index (Phi) is 3.51. The summed E-state index contributed by atoms with van der Waals surface area (Å²) in [5.74, 6) is 0. The second-order valence-electron chi connectivity index (χ2n) is 3.28. The first-order chi connectivity index (χ1) is 5.80. The van der Waals surface area contributed by atoms with Crippen molar-refractivity contribution in [3.63, 3.8) is 0 Å². The highest BCUT2D eigenvalue weighted by molar-refractivity contribution is 4.95. The molecule has 0 amide bonds. The summed E-state index contributed by atoms with van der Waals surface area (Å²) < 4.78 is 5.14. The summed E-state index contributed by atoms with van der Waals surface area (Å²) in [7, 11) is 1.74. The van der Waals surface area contributed by atoms with Crippen LogP contribution >= 0.6 is 0 Å². The molecule has 1 saturated carbocycles. The van der Waals surface area contributed by atoms with Gasteiger partial charge in [0.15, 0.2) is 0 Å². The molecule has 3 nitrogen and oxygen atoms in total. The van der Waals surface area contributed by atoms with E-state index in [1.807, 2.05) is 6.92 Å². The molecule has 0 aromatic heterocycles. The predicted octanol–water partition coefficient (Wildman–Crippen LogP) is 1.06. The molecule has 3 heteroatoms. The molecule has 0 aliphatic heterocycles. The van der Waals surface area contributed by atoms with Crippen molar-refractivity contribution < 1.29 is 4.74 Å². The summed E-state index contributed by atoms with van der Waals surface area (Å²) in [6.07, 6.45) is 3.40. The number of nitrogens with zero attached hydrogens (tertiary/aromatic N) is 1. The van der Waals surface area contributed by atoms with Crippen molar-refractivity contribution >= 4 is 0 Å². The van der Waals surface area contributed by atoms with E-state index in [0.29, 0.717) is 12.1 Å². The molecule has 1 atom stereocenters. The SMILES string of the molecule is CCC(C#N)NC1CC(OC)C1. The standard InChI is InChI=1S/C9H16N2O/c1-3-7(6-10)11-8-4-9(5-8)12-2/h7-9,11H,3-5H2,1-2H3. The summed E-state index contributed by atoms with van der Waals surface area (Å²) in [6, 6.07) is 2.75. The summed E-state index contributed by atoms with van der Waals surface area (Å²) in [6.45, 7) is 2.02. The number of methoxy groups -OCH3 is 1. The van der Waals surface area contributed by atoms with Crippen LogP contribution in [0.15, 0.2) is 0 Å². The zero-order chi connectivity index (χ0) is 8.97. The highest BCUT2D eigenvalue weighted by Gasteiger charge is 2.29. The highest BCUT2D eigenvalue weighted by Crippen LogP contribution is 2.22. The van der Waals surface area contributed by atoms with Gasteiger partial charge in [-0.3, -0.25) is 5.32 Å². The summed E-state index contributed by atoms with van der Waals surface area (Å²) in [4.78, 5) is 0. The lowest BCUT2D eigenvalue weighted by atomic mass is 9.88. The molecule has 1 aliphatic carbocycles. The molecule has 1 N–H and O–H groups in total. The molecular formula is C9H16N2O.